The summed E-state index contributed by atoms with van der Waals surface area (Å²) in [5, 5.41) is 17.2. The van der Waals surface area contributed by atoms with E-state index in [9.17, 15) is 4.79 Å². The average Bonchev–Trinajstić information content (AvgIpc) is 3.32. The molecule has 1 aromatic heterocycles. The molecule has 0 bridgehead atoms. The van der Waals surface area contributed by atoms with Crippen molar-refractivity contribution in [2.75, 3.05) is 18.6 Å². The van der Waals surface area contributed by atoms with Crippen LogP contribution < -0.4 is 4.90 Å². The Balaban J connectivity index is 1.65. The van der Waals surface area contributed by atoms with Crippen molar-refractivity contribution in [3.8, 4) is 0 Å². The molecule has 2 aliphatic rings. The van der Waals surface area contributed by atoms with Crippen LogP contribution >= 0.6 is 0 Å². The molecule has 7 nitrogen and oxygen atoms in total. The maximum Gasteiger partial charge on any atom is 0.264 e. The first-order chi connectivity index (χ1) is 14.2. The third kappa shape index (κ3) is 3.13. The van der Waals surface area contributed by atoms with Crippen LogP contribution in [0.5, 0.6) is 0 Å². The lowest BCUT2D eigenvalue weighted by Crippen LogP contribution is -2.44. The van der Waals surface area contributed by atoms with Crippen molar-refractivity contribution in [1.29, 1.82) is 0 Å². The lowest BCUT2D eigenvalue weighted by atomic mass is 9.71. The largest absolute Gasteiger partial charge is 0.396 e. The van der Waals surface area contributed by atoms with Crippen LogP contribution in [0.25, 0.3) is 0 Å². The molecular weight excluding hydrogens is 387 g/mol. The number of halogens is 1. The van der Waals surface area contributed by atoms with Gasteiger partial charge in [-0.3, -0.25) is 9.48 Å². The summed E-state index contributed by atoms with van der Waals surface area (Å²) in [4.78, 5) is 15.0. The first-order valence-corrected chi connectivity index (χ1v) is 10.4. The van der Waals surface area contributed by atoms with Gasteiger partial charge < -0.3 is 14.7 Å². The van der Waals surface area contributed by atoms with Crippen LogP contribution in [0.2, 0.25) is 0 Å². The maximum atomic E-state index is 15.4. The number of para-hydroxylation sites is 1. The highest BCUT2D eigenvalue weighted by Gasteiger charge is 2.65. The Labute approximate surface area is 175 Å². The van der Waals surface area contributed by atoms with E-state index in [-0.39, 0.29) is 18.4 Å². The highest BCUT2D eigenvalue weighted by atomic mass is 19.1. The van der Waals surface area contributed by atoms with E-state index in [1.807, 2.05) is 31.2 Å². The van der Waals surface area contributed by atoms with Crippen molar-refractivity contribution in [1.82, 2.24) is 15.0 Å². The van der Waals surface area contributed by atoms with Crippen molar-refractivity contribution in [2.45, 2.75) is 57.5 Å². The Morgan fingerprint density at radius 2 is 2.07 bits per heavy atom. The Morgan fingerprint density at radius 1 is 1.33 bits per heavy atom. The minimum atomic E-state index is -1.52. The molecule has 1 spiro atoms. The second-order valence-electron chi connectivity index (χ2n) is 8.89. The van der Waals surface area contributed by atoms with E-state index in [2.05, 4.69) is 10.3 Å². The summed E-state index contributed by atoms with van der Waals surface area (Å²) in [6.07, 6.45) is 2.28. The van der Waals surface area contributed by atoms with Gasteiger partial charge in [0, 0.05) is 50.2 Å². The number of aliphatic hydroxyl groups excluding tert-OH is 1. The van der Waals surface area contributed by atoms with Crippen molar-refractivity contribution >= 4 is 11.6 Å². The van der Waals surface area contributed by atoms with Gasteiger partial charge in [0.15, 0.2) is 5.60 Å². The van der Waals surface area contributed by atoms with Crippen LogP contribution in [-0.2, 0) is 28.1 Å². The monoisotopic (exact) mass is 416 g/mol. The van der Waals surface area contributed by atoms with E-state index in [1.54, 1.807) is 36.7 Å². The van der Waals surface area contributed by atoms with Crippen molar-refractivity contribution < 1.29 is 19.0 Å². The van der Waals surface area contributed by atoms with Gasteiger partial charge in [0.05, 0.1) is 17.5 Å². The van der Waals surface area contributed by atoms with Gasteiger partial charge in [-0.25, -0.2) is 4.39 Å². The van der Waals surface area contributed by atoms with Gasteiger partial charge in [-0.15, -0.1) is 5.10 Å². The summed E-state index contributed by atoms with van der Waals surface area (Å²) >= 11 is 0. The number of fused-ring (bicyclic) bond motifs is 2. The van der Waals surface area contributed by atoms with Gasteiger partial charge in [0.25, 0.3) is 5.91 Å². The van der Waals surface area contributed by atoms with Crippen LogP contribution in [0.1, 0.15) is 38.4 Å². The molecule has 0 unspecified atom stereocenters. The summed E-state index contributed by atoms with van der Waals surface area (Å²) in [6.45, 7) is 5.55. The zero-order valence-corrected chi connectivity index (χ0v) is 17.9. The molecule has 0 aliphatic carbocycles. The zero-order chi connectivity index (χ0) is 21.7. The number of carbonyl (C=O) groups excluding carboxylic acids is 1. The Hall–Kier alpha value is -2.32. The summed E-state index contributed by atoms with van der Waals surface area (Å²) in [6, 6.07) is 7.60. The Bertz CT molecular complexity index is 940. The molecule has 8 heteroatoms. The van der Waals surface area contributed by atoms with Gasteiger partial charge in [0.2, 0.25) is 0 Å². The van der Waals surface area contributed by atoms with E-state index in [0.29, 0.717) is 25.1 Å². The SMILES string of the molecule is C[C@H]1[C@H](C(C)(C)F)[C@@H](CCn2cc(CCO)nn2)O[C@]12C(=O)N(C)c1ccccc12. The van der Waals surface area contributed by atoms with E-state index >= 15 is 4.39 Å². The first-order valence-electron chi connectivity index (χ1n) is 10.4. The number of alkyl halides is 1. The number of likely N-dealkylation sites (N-methyl/N-ethyl adjacent to an activating group) is 1. The van der Waals surface area contributed by atoms with Crippen LogP contribution in [0.3, 0.4) is 0 Å². The molecule has 1 aromatic carbocycles. The minimum absolute atomic E-state index is 0.0115. The number of hydrogen-bond acceptors (Lipinski definition) is 5. The molecule has 1 amide bonds. The zero-order valence-electron chi connectivity index (χ0n) is 17.9. The van der Waals surface area contributed by atoms with E-state index in [1.165, 1.54) is 0 Å². The fourth-order valence-corrected chi connectivity index (χ4v) is 5.31. The molecule has 2 aromatic rings. The predicted octanol–water partition coefficient (Wildman–Crippen LogP) is 2.47. The minimum Gasteiger partial charge on any atom is -0.396 e. The molecule has 30 heavy (non-hydrogen) atoms. The molecule has 1 fully saturated rings. The van der Waals surface area contributed by atoms with Gasteiger partial charge >= 0.3 is 0 Å². The summed E-state index contributed by atoms with van der Waals surface area (Å²) in [5.41, 5.74) is -0.357. The third-order valence-electron chi connectivity index (χ3n) is 6.60. The molecular formula is C22H29FN4O3. The first kappa shape index (κ1) is 20.9. The number of anilines is 1. The van der Waals surface area contributed by atoms with Gasteiger partial charge in [0.1, 0.15) is 5.67 Å². The summed E-state index contributed by atoms with van der Waals surface area (Å²) in [7, 11) is 1.74. The number of benzene rings is 1. The van der Waals surface area contributed by atoms with Crippen molar-refractivity contribution in [2.24, 2.45) is 11.8 Å². The van der Waals surface area contributed by atoms with Gasteiger partial charge in [-0.2, -0.15) is 0 Å². The third-order valence-corrected chi connectivity index (χ3v) is 6.60. The molecule has 0 radical (unpaired) electrons. The number of nitrogens with zero attached hydrogens (tertiary/aromatic N) is 4. The standard InChI is InChI=1S/C22H29FN4O3/c1-14-19(21(2,3)23)18(9-11-27-13-15(10-12-28)24-25-27)30-22(14)16-7-5-6-8-17(16)26(4)20(22)29/h5-8,13-14,18-19,28H,9-12H2,1-4H3/t14-,18+,19-,22+/m0/s1. The van der Waals surface area contributed by atoms with Crippen LogP contribution in [0.15, 0.2) is 30.5 Å². The molecule has 3 heterocycles. The topological polar surface area (TPSA) is 80.5 Å². The van der Waals surface area contributed by atoms with Gasteiger partial charge in [-0.05, 0) is 26.3 Å². The number of aryl methyl sites for hydroxylation is 1. The number of aliphatic hydroxyl groups is 1. The smallest absolute Gasteiger partial charge is 0.264 e. The number of ether oxygens (including phenoxy) is 1. The lowest BCUT2D eigenvalue weighted by Gasteiger charge is -2.32. The second kappa shape index (κ2) is 7.42. The number of carbonyl (C=O) groups is 1. The number of rotatable bonds is 6. The number of hydrogen-bond donors (Lipinski definition) is 1. The molecule has 1 saturated heterocycles. The summed E-state index contributed by atoms with van der Waals surface area (Å²) < 4.78 is 23.6. The molecule has 4 rings (SSSR count). The molecule has 2 aliphatic heterocycles. The normalized spacial score (nSPS) is 28.5. The molecule has 1 N–H and O–H groups in total. The second-order valence-corrected chi connectivity index (χ2v) is 8.89. The fraction of sp³-hybridized carbons (Fsp3) is 0.591. The van der Waals surface area contributed by atoms with Crippen LogP contribution in [0.4, 0.5) is 10.1 Å². The summed E-state index contributed by atoms with van der Waals surface area (Å²) in [5.74, 6) is -0.929. The molecule has 4 atom stereocenters. The van der Waals surface area contributed by atoms with Crippen molar-refractivity contribution in [3.05, 3.63) is 41.7 Å². The lowest BCUT2D eigenvalue weighted by molar-refractivity contribution is -0.145. The highest BCUT2D eigenvalue weighted by Crippen LogP contribution is 2.57. The van der Waals surface area contributed by atoms with E-state index in [4.69, 9.17) is 9.84 Å². The average molecular weight is 416 g/mol. The van der Waals surface area contributed by atoms with Crippen LogP contribution in [-0.4, -0.2) is 51.4 Å². The van der Waals surface area contributed by atoms with Gasteiger partial charge in [-0.1, -0.05) is 30.3 Å². The van der Waals surface area contributed by atoms with E-state index < -0.39 is 23.3 Å². The van der Waals surface area contributed by atoms with Crippen molar-refractivity contribution in [3.63, 3.8) is 0 Å². The highest BCUT2D eigenvalue weighted by molar-refractivity contribution is 6.07. The molecule has 0 saturated carbocycles. The number of aromatic nitrogens is 3. The maximum absolute atomic E-state index is 15.4. The Morgan fingerprint density at radius 3 is 2.77 bits per heavy atom. The number of amides is 1. The van der Waals surface area contributed by atoms with E-state index in [0.717, 1.165) is 11.3 Å². The Kier molecular flexibility index (Phi) is 5.18. The predicted molar refractivity (Wildman–Crippen MR) is 110 cm³/mol. The molecule has 162 valence electrons. The fourth-order valence-electron chi connectivity index (χ4n) is 5.31. The van der Waals surface area contributed by atoms with Crippen LogP contribution in [0, 0.1) is 11.8 Å². The quantitative estimate of drug-likeness (QED) is 0.783.